The minimum Gasteiger partial charge on any atom is -0.312 e. The molecule has 2 unspecified atom stereocenters. The summed E-state index contributed by atoms with van der Waals surface area (Å²) in [5.41, 5.74) is 2.00. The lowest BCUT2D eigenvalue weighted by atomic mass is 9.83. The van der Waals surface area contributed by atoms with Crippen LogP contribution in [-0.4, -0.2) is 34.0 Å². The van der Waals surface area contributed by atoms with Gasteiger partial charge in [0, 0.05) is 49.9 Å². The van der Waals surface area contributed by atoms with Crippen LogP contribution in [0.5, 0.6) is 0 Å². The molecule has 6 nitrogen and oxygen atoms in total. The van der Waals surface area contributed by atoms with Gasteiger partial charge in [0.1, 0.15) is 0 Å². The van der Waals surface area contributed by atoms with E-state index in [0.717, 1.165) is 38.3 Å². The summed E-state index contributed by atoms with van der Waals surface area (Å²) in [5.74, 6) is 0.872. The van der Waals surface area contributed by atoms with Gasteiger partial charge in [0.25, 0.3) is 11.2 Å². The number of likely N-dealkylation sites (tertiary alicyclic amines) is 1. The Morgan fingerprint density at radius 1 is 1.12 bits per heavy atom. The molecule has 0 radical (unpaired) electrons. The van der Waals surface area contributed by atoms with Crippen molar-refractivity contribution in [3.63, 3.8) is 0 Å². The van der Waals surface area contributed by atoms with Gasteiger partial charge in [-0.3, -0.25) is 19.8 Å². The molecule has 2 aliphatic rings. The molecule has 0 N–H and O–H groups in total. The summed E-state index contributed by atoms with van der Waals surface area (Å²) in [5, 5.41) is 11.1. The van der Waals surface area contributed by atoms with E-state index >= 15 is 0 Å². The van der Waals surface area contributed by atoms with Crippen molar-refractivity contribution < 1.29 is 4.92 Å². The van der Waals surface area contributed by atoms with E-state index in [0.29, 0.717) is 17.4 Å². The largest absolute Gasteiger partial charge is 0.312 e. The average Bonchev–Trinajstić information content (AvgIpc) is 2.63. The van der Waals surface area contributed by atoms with Crippen molar-refractivity contribution >= 4 is 11.8 Å². The number of hydrogen-bond donors (Lipinski definition) is 0. The molecular formula is C20H21N3O3. The van der Waals surface area contributed by atoms with Gasteiger partial charge in [0.15, 0.2) is 0 Å². The smallest absolute Gasteiger partial charge is 0.276 e. The Kier molecular flexibility index (Phi) is 4.42. The molecule has 0 amide bonds. The average molecular weight is 351 g/mol. The lowest BCUT2D eigenvalue weighted by molar-refractivity contribution is -0.385. The fraction of sp³-hybridized carbons (Fsp3) is 0.350. The molecule has 4 rings (SSSR count). The zero-order chi connectivity index (χ0) is 18.1. The molecule has 1 aromatic heterocycles. The first-order valence-electron chi connectivity index (χ1n) is 8.94. The fourth-order valence-electron chi connectivity index (χ4n) is 4.27. The molecule has 1 fully saturated rings. The number of rotatable bonds is 4. The summed E-state index contributed by atoms with van der Waals surface area (Å²) >= 11 is 0. The van der Waals surface area contributed by atoms with Crippen LogP contribution >= 0.6 is 0 Å². The van der Waals surface area contributed by atoms with Gasteiger partial charge in [-0.2, -0.15) is 0 Å². The Labute approximate surface area is 151 Å². The van der Waals surface area contributed by atoms with Crippen LogP contribution in [0.1, 0.15) is 23.6 Å². The van der Waals surface area contributed by atoms with Gasteiger partial charge in [-0.15, -0.1) is 0 Å². The van der Waals surface area contributed by atoms with Crippen LogP contribution in [0.3, 0.4) is 0 Å². The molecule has 1 saturated heterocycles. The zero-order valence-electron chi connectivity index (χ0n) is 14.5. The normalized spacial score (nSPS) is 22.3. The van der Waals surface area contributed by atoms with Crippen LogP contribution in [0, 0.1) is 16.0 Å². The Morgan fingerprint density at radius 2 is 1.96 bits per heavy atom. The summed E-state index contributed by atoms with van der Waals surface area (Å²) < 4.78 is 1.93. The van der Waals surface area contributed by atoms with Crippen LogP contribution in [0.25, 0.3) is 6.08 Å². The lowest BCUT2D eigenvalue weighted by Crippen LogP contribution is -2.46. The molecule has 2 atom stereocenters. The highest BCUT2D eigenvalue weighted by molar-refractivity contribution is 5.60. The van der Waals surface area contributed by atoms with Gasteiger partial charge >= 0.3 is 0 Å². The van der Waals surface area contributed by atoms with Gasteiger partial charge in [0.2, 0.25) is 0 Å². The molecule has 0 saturated carbocycles. The van der Waals surface area contributed by atoms with Crippen LogP contribution < -0.4 is 5.56 Å². The van der Waals surface area contributed by atoms with E-state index in [1.807, 2.05) is 28.9 Å². The van der Waals surface area contributed by atoms with E-state index < -0.39 is 0 Å². The summed E-state index contributed by atoms with van der Waals surface area (Å²) in [6, 6.07) is 12.3. The van der Waals surface area contributed by atoms with Crippen LogP contribution in [-0.2, 0) is 6.54 Å². The molecule has 0 spiro atoms. The Hall–Kier alpha value is -2.73. The maximum absolute atomic E-state index is 12.1. The molecule has 2 bridgehead atoms. The van der Waals surface area contributed by atoms with Crippen molar-refractivity contribution in [2.45, 2.75) is 18.9 Å². The van der Waals surface area contributed by atoms with E-state index in [2.05, 4.69) is 11.0 Å². The third-order valence-electron chi connectivity index (χ3n) is 5.35. The summed E-state index contributed by atoms with van der Waals surface area (Å²) in [6.45, 7) is 3.42. The van der Waals surface area contributed by atoms with Crippen molar-refractivity contribution in [3.05, 3.63) is 80.3 Å². The SMILES string of the molecule is O=c1cccc2n1CC1CC2CN(C/C=C/c2ccccc2[N+](=O)[O-])C1. The number of para-hydroxylation sites is 1. The molecule has 2 aliphatic heterocycles. The molecule has 134 valence electrons. The highest BCUT2D eigenvalue weighted by Crippen LogP contribution is 2.34. The van der Waals surface area contributed by atoms with Gasteiger partial charge in [-0.05, 0) is 24.5 Å². The second kappa shape index (κ2) is 6.88. The number of piperidine rings is 1. The minimum absolute atomic E-state index is 0.0990. The van der Waals surface area contributed by atoms with Crippen molar-refractivity contribution in [2.75, 3.05) is 19.6 Å². The molecule has 0 aliphatic carbocycles. The predicted octanol–water partition coefficient (Wildman–Crippen LogP) is 2.89. The van der Waals surface area contributed by atoms with Gasteiger partial charge < -0.3 is 4.57 Å². The number of nitrogens with zero attached hydrogens (tertiary/aromatic N) is 3. The fourth-order valence-corrected chi connectivity index (χ4v) is 4.27. The molecule has 26 heavy (non-hydrogen) atoms. The van der Waals surface area contributed by atoms with E-state index in [-0.39, 0.29) is 16.2 Å². The van der Waals surface area contributed by atoms with Crippen LogP contribution in [0.4, 0.5) is 5.69 Å². The molecule has 6 heteroatoms. The first-order chi connectivity index (χ1) is 12.6. The van der Waals surface area contributed by atoms with Gasteiger partial charge in [0.05, 0.1) is 10.5 Å². The maximum atomic E-state index is 12.1. The topological polar surface area (TPSA) is 68.4 Å². The first kappa shape index (κ1) is 16.7. The second-order valence-electron chi connectivity index (χ2n) is 7.13. The number of pyridine rings is 1. The third kappa shape index (κ3) is 3.20. The first-order valence-corrected chi connectivity index (χ1v) is 8.94. The molecular weight excluding hydrogens is 330 g/mol. The summed E-state index contributed by atoms with van der Waals surface area (Å²) in [6.07, 6.45) is 4.97. The second-order valence-corrected chi connectivity index (χ2v) is 7.13. The summed E-state index contributed by atoms with van der Waals surface area (Å²) in [4.78, 5) is 25.2. The molecule has 3 heterocycles. The van der Waals surface area contributed by atoms with Crippen LogP contribution in [0.15, 0.2) is 53.3 Å². The Morgan fingerprint density at radius 3 is 2.81 bits per heavy atom. The molecule has 2 aromatic rings. The van der Waals surface area contributed by atoms with Gasteiger partial charge in [-0.1, -0.05) is 30.4 Å². The summed E-state index contributed by atoms with van der Waals surface area (Å²) in [7, 11) is 0. The highest BCUT2D eigenvalue weighted by atomic mass is 16.6. The number of fused-ring (bicyclic) bond motifs is 4. The number of nitro benzene ring substituents is 1. The third-order valence-corrected chi connectivity index (χ3v) is 5.35. The zero-order valence-corrected chi connectivity index (χ0v) is 14.5. The Balaban J connectivity index is 1.47. The quantitative estimate of drug-likeness (QED) is 0.627. The predicted molar refractivity (Wildman–Crippen MR) is 100 cm³/mol. The monoisotopic (exact) mass is 351 g/mol. The number of nitro groups is 1. The number of benzene rings is 1. The highest BCUT2D eigenvalue weighted by Gasteiger charge is 2.33. The van der Waals surface area contributed by atoms with E-state index in [9.17, 15) is 14.9 Å². The van der Waals surface area contributed by atoms with E-state index in [1.165, 1.54) is 6.07 Å². The lowest BCUT2D eigenvalue weighted by Gasteiger charge is -2.42. The van der Waals surface area contributed by atoms with E-state index in [1.54, 1.807) is 18.2 Å². The van der Waals surface area contributed by atoms with Crippen molar-refractivity contribution in [2.24, 2.45) is 5.92 Å². The minimum atomic E-state index is -0.348. The maximum Gasteiger partial charge on any atom is 0.276 e. The molecule has 1 aromatic carbocycles. The van der Waals surface area contributed by atoms with Crippen molar-refractivity contribution in [3.8, 4) is 0 Å². The number of aromatic nitrogens is 1. The van der Waals surface area contributed by atoms with E-state index in [4.69, 9.17) is 0 Å². The van der Waals surface area contributed by atoms with Gasteiger partial charge in [-0.25, -0.2) is 0 Å². The number of hydrogen-bond acceptors (Lipinski definition) is 4. The van der Waals surface area contributed by atoms with Crippen molar-refractivity contribution in [1.29, 1.82) is 0 Å². The Bertz CT molecular complexity index is 919. The van der Waals surface area contributed by atoms with Crippen LogP contribution in [0.2, 0.25) is 0 Å². The standard InChI is InChI=1S/C20H21N3O3/c24-20-9-3-8-18-17-11-15(13-22(18)20)12-21(14-17)10-4-6-16-5-1-2-7-19(16)23(25)26/h1-9,15,17H,10-14H2/b6-4+. The van der Waals surface area contributed by atoms with Crippen molar-refractivity contribution in [1.82, 2.24) is 9.47 Å².